The summed E-state index contributed by atoms with van der Waals surface area (Å²) in [5.74, 6) is -10.2. The Morgan fingerprint density at radius 2 is 1.17 bits per heavy atom. The summed E-state index contributed by atoms with van der Waals surface area (Å²) in [6.45, 7) is 14.3. The molecule has 1 radical (unpaired) electrons. The molecule has 19 heteroatoms. The predicted octanol–water partition coefficient (Wildman–Crippen LogP) is 5.50. The van der Waals surface area contributed by atoms with Crippen LogP contribution in [0.15, 0.2) is 49.3 Å². The third-order valence-corrected chi connectivity index (χ3v) is 15.2. The summed E-state index contributed by atoms with van der Waals surface area (Å²) in [6, 6.07) is -1.08. The van der Waals surface area contributed by atoms with E-state index < -0.39 is 105 Å². The molecule has 64 heavy (non-hydrogen) atoms. The quantitative estimate of drug-likeness (QED) is 0.0896. The van der Waals surface area contributed by atoms with Gasteiger partial charge in [0.2, 0.25) is 11.8 Å². The van der Waals surface area contributed by atoms with Gasteiger partial charge in [0.15, 0.2) is 0 Å². The zero-order valence-electron chi connectivity index (χ0n) is 37.6. The number of nitrogens with two attached hydrogens (primary N) is 2. The van der Waals surface area contributed by atoms with E-state index in [1.807, 2.05) is 13.8 Å². The van der Waals surface area contributed by atoms with E-state index in [4.69, 9.17) is 31.8 Å². The number of aliphatic carboxylic acids is 5. The molecule has 5 rings (SSSR count). The van der Waals surface area contributed by atoms with Crippen molar-refractivity contribution >= 4 is 58.8 Å². The van der Waals surface area contributed by atoms with Crippen LogP contribution in [0.1, 0.15) is 126 Å². The van der Waals surface area contributed by atoms with Crippen LogP contribution in [0.2, 0.25) is 0 Å². The van der Waals surface area contributed by atoms with Gasteiger partial charge < -0.3 is 42.3 Å². The fourth-order valence-corrected chi connectivity index (χ4v) is 11.7. The maximum atomic E-state index is 13.3. The van der Waals surface area contributed by atoms with Crippen LogP contribution >= 0.6 is 0 Å². The van der Waals surface area contributed by atoms with Crippen LogP contribution in [0, 0.1) is 45.3 Å². The minimum absolute atomic E-state index is 0. The van der Waals surface area contributed by atoms with E-state index in [0.717, 1.165) is 0 Å². The van der Waals surface area contributed by atoms with Gasteiger partial charge in [-0.2, -0.15) is 5.70 Å². The fraction of sp³-hybridized carbons (Fsp3) is 0.644. The molecule has 0 spiro atoms. The van der Waals surface area contributed by atoms with Crippen molar-refractivity contribution in [2.75, 3.05) is 0 Å². The van der Waals surface area contributed by atoms with Crippen LogP contribution in [0.5, 0.6) is 0 Å². The van der Waals surface area contributed by atoms with Crippen LogP contribution in [0.4, 0.5) is 0 Å². The Morgan fingerprint density at radius 1 is 0.656 bits per heavy atom. The number of carboxylic acid groups (broad SMARTS) is 5. The molecular weight excluding hydrogens is 875 g/mol. The van der Waals surface area contributed by atoms with Gasteiger partial charge in [-0.05, 0) is 68.1 Å². The molecule has 1 fully saturated rings. The molecule has 0 saturated carbocycles. The van der Waals surface area contributed by atoms with Crippen molar-refractivity contribution in [3.05, 3.63) is 39.6 Å². The van der Waals surface area contributed by atoms with Crippen molar-refractivity contribution in [2.45, 2.75) is 138 Å². The van der Waals surface area contributed by atoms with Gasteiger partial charge in [-0.1, -0.05) is 47.1 Å². The molecule has 0 aliphatic carbocycles. The molecule has 2 amide bonds. The monoisotopic (exact) mass is 936 g/mol. The van der Waals surface area contributed by atoms with Crippen LogP contribution in [0.3, 0.4) is 0 Å². The average Bonchev–Trinajstić information content (AvgIpc) is 3.75. The number of primary amides is 2. The maximum absolute atomic E-state index is 13.3. The van der Waals surface area contributed by atoms with Crippen molar-refractivity contribution in [2.24, 2.45) is 71.8 Å². The standard InChI is InChI=1S/C45H62N6O12.Co/c1-21-36-24(10-13-32(56)57)41(3,4)28(49-36)18-27-23(9-12-31(54)55)43(6,19-29(46)52)39(48-27)22(2)37-25(11-14-33(58)59)44(7,20-30(47)53)45(8,51-37)40-26(17-35(62)63)42(5,38(21)50-40)16-15-34(60)61;/h18,23-26,40H,9-17,19-20H2,1-8H3,(H10,46,47,48,49,50,51,52,53,54,55,56,57,58,59,60,61,62,63);/p-1/t23-,24-,25-,26+,40?,42-,43+,44+,45+;/m1./s1. The van der Waals surface area contributed by atoms with Gasteiger partial charge >= 0.3 is 29.8 Å². The van der Waals surface area contributed by atoms with Gasteiger partial charge in [0.05, 0.1) is 6.42 Å². The van der Waals surface area contributed by atoms with Crippen LogP contribution in [0.25, 0.3) is 5.32 Å². The number of fused-ring (bicyclic) bond motifs is 6. The second kappa shape index (κ2) is 18.4. The van der Waals surface area contributed by atoms with E-state index in [9.17, 15) is 59.1 Å². The first-order valence-corrected chi connectivity index (χ1v) is 21.3. The summed E-state index contributed by atoms with van der Waals surface area (Å²) in [4.78, 5) is 104. The minimum atomic E-state index is -1.54. The van der Waals surface area contributed by atoms with Gasteiger partial charge in [0.25, 0.3) is 0 Å². The van der Waals surface area contributed by atoms with E-state index in [0.29, 0.717) is 45.4 Å². The molecule has 1 unspecified atom stereocenters. The van der Waals surface area contributed by atoms with Crippen LogP contribution in [-0.4, -0.2) is 95.9 Å². The SMILES string of the molecule is C/C1=C2N=C(/C=C3N=C(/C(C)=C4\[N-][C@@](C)(C5N=C1[C@](C)(CCC(=O)O)[C@H]5CC(=O)O)[C@@](C)(CC(N)=O)[C@@H]4CCC(=O)O)[C@@](C)(CC(N)=O)[C@@H]\3CCC(=O)O)C(C)(C)[C@@H]/2CCC(=O)O.[Co]. The molecule has 353 valence electrons. The number of aliphatic imine (C=N–C) groups is 3. The van der Waals surface area contributed by atoms with E-state index in [2.05, 4.69) is 0 Å². The molecule has 9 atom stereocenters. The number of carbonyl (C=O) groups is 7. The summed E-state index contributed by atoms with van der Waals surface area (Å²) in [5.41, 5.74) is 8.91. The van der Waals surface area contributed by atoms with Crippen molar-refractivity contribution in [1.82, 2.24) is 0 Å². The Labute approximate surface area is 382 Å². The number of carbonyl (C=O) groups excluding carboxylic acids is 2. The second-order valence-corrected chi connectivity index (χ2v) is 19.5. The Kier molecular flexibility index (Phi) is 14.8. The van der Waals surface area contributed by atoms with E-state index >= 15 is 0 Å². The van der Waals surface area contributed by atoms with Gasteiger partial charge in [-0.25, -0.2) is 0 Å². The molecule has 5 aliphatic rings. The predicted molar refractivity (Wildman–Crippen MR) is 231 cm³/mol. The van der Waals surface area contributed by atoms with Crippen LogP contribution in [-0.2, 0) is 50.3 Å². The molecule has 0 aromatic rings. The van der Waals surface area contributed by atoms with E-state index in [1.54, 1.807) is 47.6 Å². The van der Waals surface area contributed by atoms with Gasteiger partial charge in [0.1, 0.15) is 0 Å². The van der Waals surface area contributed by atoms with Crippen molar-refractivity contribution in [1.29, 1.82) is 0 Å². The summed E-state index contributed by atoms with van der Waals surface area (Å²) < 4.78 is 0. The summed E-state index contributed by atoms with van der Waals surface area (Å²) >= 11 is 0. The first kappa shape index (κ1) is 51.5. The molecule has 5 aliphatic heterocycles. The maximum Gasteiger partial charge on any atom is 0.303 e. The third-order valence-electron chi connectivity index (χ3n) is 15.2. The number of allylic oxidation sites excluding steroid dienone is 6. The van der Waals surface area contributed by atoms with Crippen molar-refractivity contribution in [3.8, 4) is 0 Å². The molecule has 9 N–H and O–H groups in total. The Bertz CT molecular complexity index is 2230. The van der Waals surface area contributed by atoms with Crippen molar-refractivity contribution < 1.29 is 75.9 Å². The number of amides is 2. The zero-order chi connectivity index (χ0) is 47.4. The van der Waals surface area contributed by atoms with E-state index in [1.165, 1.54) is 0 Å². The van der Waals surface area contributed by atoms with E-state index in [-0.39, 0.29) is 81.0 Å². The zero-order valence-corrected chi connectivity index (χ0v) is 38.7. The first-order valence-electron chi connectivity index (χ1n) is 21.3. The first-order chi connectivity index (χ1) is 29.0. The smallest absolute Gasteiger partial charge is 0.303 e. The average molecular weight is 937 g/mol. The van der Waals surface area contributed by atoms with Gasteiger partial charge in [-0.3, -0.25) is 48.5 Å². The summed E-state index contributed by atoms with van der Waals surface area (Å²) in [5, 5.41) is 56.0. The minimum Gasteiger partial charge on any atom is -0.680 e. The Hall–Kier alpha value is -5.17. The molecule has 5 heterocycles. The molecule has 0 aromatic heterocycles. The molecular formula is C45H61CoN6O12-. The number of rotatable bonds is 18. The van der Waals surface area contributed by atoms with Gasteiger partial charge in [0, 0.05) is 124 Å². The molecule has 0 aromatic carbocycles. The molecule has 1 saturated heterocycles. The fourth-order valence-electron chi connectivity index (χ4n) is 11.7. The topological polar surface area (TPSA) is 324 Å². The Morgan fingerprint density at radius 3 is 1.67 bits per heavy atom. The number of nitrogens with zero attached hydrogens (tertiary/aromatic N) is 4. The Balaban J connectivity index is 0.00000898. The summed E-state index contributed by atoms with van der Waals surface area (Å²) in [6.07, 6.45) is -0.675. The molecule has 8 bridgehead atoms. The van der Waals surface area contributed by atoms with Gasteiger partial charge in [-0.15, -0.1) is 0 Å². The third kappa shape index (κ3) is 9.06. The largest absolute Gasteiger partial charge is 0.680 e. The number of carboxylic acids is 5. The molecule has 18 nitrogen and oxygen atoms in total. The normalized spacial score (nSPS) is 35.6. The van der Waals surface area contributed by atoms with Crippen molar-refractivity contribution in [3.63, 3.8) is 0 Å². The summed E-state index contributed by atoms with van der Waals surface area (Å²) in [7, 11) is 0. The number of hydrogen-bond acceptors (Lipinski definition) is 10. The number of hydrogen-bond donors (Lipinski definition) is 7. The second-order valence-electron chi connectivity index (χ2n) is 19.5. The van der Waals surface area contributed by atoms with Crippen LogP contribution < -0.4 is 11.5 Å².